The van der Waals surface area contributed by atoms with E-state index < -0.39 is 10.1 Å². The maximum atomic E-state index is 12.3. The third kappa shape index (κ3) is 1.81. The molecule has 0 amide bonds. The Hall–Kier alpha value is -2.18. The fraction of sp³-hybridized carbons (Fsp3) is 0. The molecule has 0 saturated heterocycles. The quantitative estimate of drug-likeness (QED) is 0.772. The number of fused-ring (bicyclic) bond motifs is 2. The van der Waals surface area contributed by atoms with E-state index in [1.54, 1.807) is 24.3 Å². The minimum absolute atomic E-state index is 0.0522. The zero-order valence-electron chi connectivity index (χ0n) is 10.1. The van der Waals surface area contributed by atoms with E-state index in [0.29, 0.717) is 11.1 Å². The molecular formula is C14H9O5S. The number of carbonyl (C=O) groups excluding carboxylic acids is 1. The normalized spacial score (nSPS) is 18.6. The first-order valence-corrected chi connectivity index (χ1v) is 7.15. The van der Waals surface area contributed by atoms with Crippen molar-refractivity contribution in [2.24, 2.45) is 0 Å². The fourth-order valence-corrected chi connectivity index (χ4v) is 2.76. The molecule has 1 aromatic rings. The van der Waals surface area contributed by atoms with Crippen LogP contribution in [0.5, 0.6) is 0 Å². The first kappa shape index (κ1) is 12.8. The highest BCUT2D eigenvalue weighted by Crippen LogP contribution is 2.37. The summed E-state index contributed by atoms with van der Waals surface area (Å²) >= 11 is 0. The van der Waals surface area contributed by atoms with E-state index in [2.05, 4.69) is 0 Å². The van der Waals surface area contributed by atoms with Crippen molar-refractivity contribution in [3.05, 3.63) is 70.0 Å². The van der Waals surface area contributed by atoms with Gasteiger partial charge in [0.2, 0.25) is 0 Å². The number of allylic oxidation sites excluding steroid dienone is 3. The van der Waals surface area contributed by atoms with Gasteiger partial charge >= 0.3 is 0 Å². The molecule has 0 atom stereocenters. The molecule has 2 aliphatic carbocycles. The van der Waals surface area contributed by atoms with Gasteiger partial charge in [-0.25, -0.2) is 0 Å². The lowest BCUT2D eigenvalue weighted by molar-refractivity contribution is 0.103. The Morgan fingerprint density at radius 1 is 1.00 bits per heavy atom. The SMILES string of the molecule is O=C1C2=C[C](S(=O)(=O)O)C=CC2=C(O)c2ccccc21. The minimum Gasteiger partial charge on any atom is -0.507 e. The fourth-order valence-electron chi connectivity index (χ4n) is 2.26. The minimum atomic E-state index is -4.40. The monoisotopic (exact) mass is 289 g/mol. The van der Waals surface area contributed by atoms with E-state index in [-0.39, 0.29) is 27.9 Å². The number of ketones is 1. The van der Waals surface area contributed by atoms with Gasteiger partial charge in [0.1, 0.15) is 5.76 Å². The zero-order chi connectivity index (χ0) is 14.5. The lowest BCUT2D eigenvalue weighted by atomic mass is 9.83. The Kier molecular flexibility index (Phi) is 2.67. The molecule has 0 heterocycles. The summed E-state index contributed by atoms with van der Waals surface area (Å²) in [5.41, 5.74) is 1.01. The van der Waals surface area contributed by atoms with Gasteiger partial charge in [0, 0.05) is 22.3 Å². The molecule has 6 heteroatoms. The zero-order valence-corrected chi connectivity index (χ0v) is 10.9. The second-order valence-electron chi connectivity index (χ2n) is 4.41. The maximum Gasteiger partial charge on any atom is 0.280 e. The van der Waals surface area contributed by atoms with Crippen LogP contribution in [0.25, 0.3) is 5.76 Å². The van der Waals surface area contributed by atoms with Crippen LogP contribution in [0.1, 0.15) is 15.9 Å². The summed E-state index contributed by atoms with van der Waals surface area (Å²) in [5, 5.41) is 9.80. The van der Waals surface area contributed by atoms with Gasteiger partial charge < -0.3 is 5.11 Å². The summed E-state index contributed by atoms with van der Waals surface area (Å²) in [6.45, 7) is 0. The smallest absolute Gasteiger partial charge is 0.280 e. The van der Waals surface area contributed by atoms with Crippen LogP contribution in [0.2, 0.25) is 0 Å². The van der Waals surface area contributed by atoms with E-state index in [1.165, 1.54) is 6.08 Å². The third-order valence-corrected chi connectivity index (χ3v) is 4.07. The molecule has 0 unspecified atom stereocenters. The van der Waals surface area contributed by atoms with Crippen molar-refractivity contribution in [3.63, 3.8) is 0 Å². The van der Waals surface area contributed by atoms with Crippen molar-refractivity contribution in [2.45, 2.75) is 0 Å². The van der Waals surface area contributed by atoms with Crippen molar-refractivity contribution in [1.82, 2.24) is 0 Å². The molecule has 2 aliphatic rings. The van der Waals surface area contributed by atoms with Gasteiger partial charge in [-0.1, -0.05) is 36.4 Å². The number of benzene rings is 1. The van der Waals surface area contributed by atoms with E-state index >= 15 is 0 Å². The van der Waals surface area contributed by atoms with Crippen LogP contribution in [0, 0.1) is 5.25 Å². The van der Waals surface area contributed by atoms with Crippen molar-refractivity contribution >= 4 is 21.7 Å². The van der Waals surface area contributed by atoms with Gasteiger partial charge in [-0.3, -0.25) is 9.35 Å². The average Bonchev–Trinajstić information content (AvgIpc) is 2.43. The molecule has 101 valence electrons. The largest absolute Gasteiger partial charge is 0.507 e. The van der Waals surface area contributed by atoms with Crippen LogP contribution >= 0.6 is 0 Å². The number of aliphatic hydroxyl groups excluding tert-OH is 1. The standard InChI is InChI=1S/C14H9O5S/c15-13-9-3-1-2-4-10(9)14(16)12-7-8(20(17,18)19)5-6-11(12)13/h1-7,15H,(H,17,18,19). The van der Waals surface area contributed by atoms with Crippen molar-refractivity contribution in [3.8, 4) is 0 Å². The predicted octanol–water partition coefficient (Wildman–Crippen LogP) is 2.07. The van der Waals surface area contributed by atoms with Gasteiger partial charge in [0.15, 0.2) is 11.0 Å². The predicted molar refractivity (Wildman–Crippen MR) is 72.3 cm³/mol. The lowest BCUT2D eigenvalue weighted by Crippen LogP contribution is -2.20. The number of carbonyl (C=O) groups is 1. The highest BCUT2D eigenvalue weighted by Gasteiger charge is 2.33. The van der Waals surface area contributed by atoms with Gasteiger partial charge in [-0.2, -0.15) is 8.42 Å². The summed E-state index contributed by atoms with van der Waals surface area (Å²) in [6.07, 6.45) is 3.52. The molecule has 0 fully saturated rings. The second kappa shape index (κ2) is 4.16. The van der Waals surface area contributed by atoms with Crippen molar-refractivity contribution in [1.29, 1.82) is 0 Å². The Morgan fingerprint density at radius 3 is 2.30 bits per heavy atom. The third-order valence-electron chi connectivity index (χ3n) is 3.22. The van der Waals surface area contributed by atoms with Crippen LogP contribution in [0.3, 0.4) is 0 Å². The number of hydrogen-bond donors (Lipinski definition) is 2. The molecule has 0 saturated carbocycles. The summed E-state index contributed by atoms with van der Waals surface area (Å²) in [5.74, 6) is -0.476. The molecule has 0 spiro atoms. The maximum absolute atomic E-state index is 12.3. The van der Waals surface area contributed by atoms with E-state index in [4.69, 9.17) is 4.55 Å². The summed E-state index contributed by atoms with van der Waals surface area (Å²) in [6, 6.07) is 6.51. The number of Topliss-reactive ketones (excluding diaryl/α,β-unsaturated/α-hetero) is 1. The molecular weight excluding hydrogens is 280 g/mol. The van der Waals surface area contributed by atoms with Crippen LogP contribution < -0.4 is 0 Å². The van der Waals surface area contributed by atoms with Crippen molar-refractivity contribution in [2.75, 3.05) is 0 Å². The van der Waals surface area contributed by atoms with E-state index in [1.807, 2.05) is 0 Å². The Balaban J connectivity index is 2.24. The van der Waals surface area contributed by atoms with Gasteiger partial charge in [-0.15, -0.1) is 0 Å². The summed E-state index contributed by atoms with van der Waals surface area (Å²) in [7, 11) is -4.40. The molecule has 1 aromatic carbocycles. The molecule has 1 radical (unpaired) electrons. The number of rotatable bonds is 1. The first-order valence-electron chi connectivity index (χ1n) is 5.71. The van der Waals surface area contributed by atoms with Crippen LogP contribution in [-0.4, -0.2) is 23.9 Å². The molecule has 20 heavy (non-hydrogen) atoms. The van der Waals surface area contributed by atoms with Crippen molar-refractivity contribution < 1.29 is 22.9 Å². The molecule has 0 bridgehead atoms. The Labute approximate surface area is 115 Å². The van der Waals surface area contributed by atoms with Crippen LogP contribution in [0.15, 0.2) is 53.6 Å². The molecule has 3 rings (SSSR count). The Bertz CT molecular complexity index is 812. The highest BCUT2D eigenvalue weighted by atomic mass is 32.2. The molecule has 0 aliphatic heterocycles. The Morgan fingerprint density at radius 2 is 1.65 bits per heavy atom. The van der Waals surface area contributed by atoms with Gasteiger partial charge in [0.25, 0.3) is 10.1 Å². The number of hydrogen-bond acceptors (Lipinski definition) is 4. The molecule has 0 aromatic heterocycles. The van der Waals surface area contributed by atoms with E-state index in [9.17, 15) is 18.3 Å². The summed E-state index contributed by atoms with van der Waals surface area (Å²) in [4.78, 5) is 12.3. The molecule has 2 N–H and O–H groups in total. The lowest BCUT2D eigenvalue weighted by Gasteiger charge is -2.22. The topological polar surface area (TPSA) is 91.7 Å². The number of aliphatic hydroxyl groups is 1. The van der Waals surface area contributed by atoms with Gasteiger partial charge in [-0.05, 0) is 6.08 Å². The highest BCUT2D eigenvalue weighted by molar-refractivity contribution is 7.89. The van der Waals surface area contributed by atoms with E-state index in [0.717, 1.165) is 12.2 Å². The average molecular weight is 289 g/mol. The van der Waals surface area contributed by atoms with Gasteiger partial charge in [0.05, 0.1) is 0 Å². The van der Waals surface area contributed by atoms with Crippen LogP contribution in [0.4, 0.5) is 0 Å². The summed E-state index contributed by atoms with van der Waals surface area (Å²) < 4.78 is 31.3. The molecule has 5 nitrogen and oxygen atoms in total. The van der Waals surface area contributed by atoms with Crippen LogP contribution in [-0.2, 0) is 10.1 Å². The first-order chi connectivity index (χ1) is 9.39. The second-order valence-corrected chi connectivity index (χ2v) is 5.83.